The molecule has 3 rings (SSSR count). The zero-order valence-electron chi connectivity index (χ0n) is 21.3. The number of Topliss-reactive ketones (excluding diaryl/α,β-unsaturated/α-hetero) is 1. The predicted molar refractivity (Wildman–Crippen MR) is 135 cm³/mol. The fourth-order valence-corrected chi connectivity index (χ4v) is 6.52. The summed E-state index contributed by atoms with van der Waals surface area (Å²) < 4.78 is 40.0. The third kappa shape index (κ3) is 6.95. The van der Waals surface area contributed by atoms with Gasteiger partial charge in [-0.05, 0) is 52.4 Å². The maximum absolute atomic E-state index is 13.6. The lowest BCUT2D eigenvalue weighted by molar-refractivity contribution is -0.321. The number of nitrogens with one attached hydrogen (secondary N) is 3. The van der Waals surface area contributed by atoms with Crippen molar-refractivity contribution >= 4 is 54.7 Å². The van der Waals surface area contributed by atoms with E-state index in [1.165, 1.54) is 0 Å². The van der Waals surface area contributed by atoms with Gasteiger partial charge in [-0.25, -0.2) is 0 Å². The number of amides is 4. The molecule has 2 aliphatic heterocycles. The zero-order chi connectivity index (χ0) is 28.6. The SMILES string of the molecule is CC(C)(C)NC(=O)C(=O)N1[C@H](C(=O)N[C@@H](C[C@@H]2CCNC2=O)C(=O)COC(F)(F)F)[C@H]2CCC[C@H]2C1(S)S. The Morgan fingerprint density at radius 1 is 1.16 bits per heavy atom. The van der Waals surface area contributed by atoms with Crippen LogP contribution in [0, 0.1) is 17.8 Å². The van der Waals surface area contributed by atoms with Crippen LogP contribution < -0.4 is 16.0 Å². The van der Waals surface area contributed by atoms with Gasteiger partial charge in [0.25, 0.3) is 0 Å². The van der Waals surface area contributed by atoms with Crippen LogP contribution in [0.5, 0.6) is 0 Å². The van der Waals surface area contributed by atoms with Gasteiger partial charge in [-0.3, -0.25) is 33.6 Å². The molecule has 0 unspecified atom stereocenters. The van der Waals surface area contributed by atoms with E-state index in [2.05, 4.69) is 45.9 Å². The van der Waals surface area contributed by atoms with Crippen molar-refractivity contribution in [2.45, 2.75) is 81.1 Å². The monoisotopic (exact) mass is 582 g/mol. The molecule has 2 saturated heterocycles. The first-order valence-corrected chi connectivity index (χ1v) is 13.2. The number of ether oxygens (including phenoxy) is 1. The second-order valence-corrected chi connectivity index (χ2v) is 12.7. The Bertz CT molecular complexity index is 987. The number of likely N-dealkylation sites (tertiary alicyclic amines) is 1. The largest absolute Gasteiger partial charge is 0.522 e. The van der Waals surface area contributed by atoms with E-state index in [1.807, 2.05) is 0 Å². The van der Waals surface area contributed by atoms with Crippen LogP contribution in [0.25, 0.3) is 0 Å². The van der Waals surface area contributed by atoms with Crippen molar-refractivity contribution in [2.75, 3.05) is 13.2 Å². The second-order valence-electron chi connectivity index (χ2n) is 11.0. The third-order valence-corrected chi connectivity index (χ3v) is 8.14. The Morgan fingerprint density at radius 3 is 2.37 bits per heavy atom. The molecule has 214 valence electrons. The van der Waals surface area contributed by atoms with Crippen molar-refractivity contribution in [3.63, 3.8) is 0 Å². The van der Waals surface area contributed by atoms with Crippen LogP contribution in [-0.2, 0) is 28.7 Å². The summed E-state index contributed by atoms with van der Waals surface area (Å²) in [7, 11) is 0. The van der Waals surface area contributed by atoms with Crippen molar-refractivity contribution in [1.82, 2.24) is 20.9 Å². The first-order chi connectivity index (χ1) is 17.4. The van der Waals surface area contributed by atoms with Gasteiger partial charge in [-0.1, -0.05) is 6.42 Å². The second kappa shape index (κ2) is 11.2. The van der Waals surface area contributed by atoms with Gasteiger partial charge >= 0.3 is 18.2 Å². The van der Waals surface area contributed by atoms with Gasteiger partial charge < -0.3 is 16.0 Å². The average Bonchev–Trinajstić information content (AvgIpc) is 3.46. The topological polar surface area (TPSA) is 134 Å². The number of carbonyl (C=O) groups is 5. The average molecular weight is 583 g/mol. The number of nitrogens with zero attached hydrogens (tertiary/aromatic N) is 1. The Labute approximate surface area is 229 Å². The Balaban J connectivity index is 1.88. The van der Waals surface area contributed by atoms with Gasteiger partial charge in [0.05, 0.1) is 6.04 Å². The van der Waals surface area contributed by atoms with Crippen LogP contribution in [0.2, 0.25) is 0 Å². The summed E-state index contributed by atoms with van der Waals surface area (Å²) in [5.74, 6) is -5.84. The maximum atomic E-state index is 13.6. The Hall–Kier alpha value is -2.00. The minimum Gasteiger partial charge on any atom is -0.356 e. The number of carbonyl (C=O) groups excluding carboxylic acids is 5. The van der Waals surface area contributed by atoms with E-state index >= 15 is 0 Å². The molecule has 0 spiro atoms. The fraction of sp³-hybridized carbons (Fsp3) is 0.783. The van der Waals surface area contributed by atoms with Crippen LogP contribution >= 0.6 is 25.3 Å². The molecule has 0 aromatic rings. The van der Waals surface area contributed by atoms with Gasteiger partial charge in [0.1, 0.15) is 16.9 Å². The van der Waals surface area contributed by atoms with E-state index in [4.69, 9.17) is 0 Å². The van der Waals surface area contributed by atoms with E-state index in [0.717, 1.165) is 4.90 Å². The number of ketones is 1. The van der Waals surface area contributed by atoms with Gasteiger partial charge in [0.15, 0.2) is 5.78 Å². The lowest BCUT2D eigenvalue weighted by Gasteiger charge is -2.36. The smallest absolute Gasteiger partial charge is 0.356 e. The van der Waals surface area contributed by atoms with E-state index in [9.17, 15) is 37.1 Å². The summed E-state index contributed by atoms with van der Waals surface area (Å²) in [6.07, 6.45) is -3.18. The maximum Gasteiger partial charge on any atom is 0.522 e. The molecule has 2 heterocycles. The first-order valence-electron chi connectivity index (χ1n) is 12.3. The molecule has 1 saturated carbocycles. The van der Waals surface area contributed by atoms with Gasteiger partial charge in [-0.2, -0.15) is 0 Å². The van der Waals surface area contributed by atoms with Crippen LogP contribution in [0.15, 0.2) is 0 Å². The normalized spacial score (nSPS) is 27.5. The van der Waals surface area contributed by atoms with Gasteiger partial charge in [-0.15, -0.1) is 38.4 Å². The van der Waals surface area contributed by atoms with E-state index < -0.39 is 70.1 Å². The summed E-state index contributed by atoms with van der Waals surface area (Å²) in [6, 6.07) is -2.75. The molecule has 0 aromatic heterocycles. The number of thiol groups is 2. The van der Waals surface area contributed by atoms with Crippen molar-refractivity contribution < 1.29 is 41.9 Å². The predicted octanol–water partition coefficient (Wildman–Crippen LogP) is 1.16. The number of rotatable bonds is 7. The minimum absolute atomic E-state index is 0.246. The highest BCUT2D eigenvalue weighted by Gasteiger charge is 2.62. The summed E-state index contributed by atoms with van der Waals surface area (Å²) in [5.41, 5.74) is -0.756. The summed E-state index contributed by atoms with van der Waals surface area (Å²) in [5, 5.41) is 7.59. The number of alkyl halides is 3. The third-order valence-electron chi connectivity index (χ3n) is 7.04. The molecule has 3 N–H and O–H groups in total. The van der Waals surface area contributed by atoms with E-state index in [-0.39, 0.29) is 18.2 Å². The molecular formula is C23H33F3N4O6S2. The highest BCUT2D eigenvalue weighted by molar-refractivity contribution is 8.00. The summed E-state index contributed by atoms with van der Waals surface area (Å²) in [4.78, 5) is 65.5. The molecule has 10 nitrogen and oxygen atoms in total. The van der Waals surface area contributed by atoms with Crippen LogP contribution in [0.4, 0.5) is 13.2 Å². The zero-order valence-corrected chi connectivity index (χ0v) is 23.1. The first kappa shape index (κ1) is 30.5. The van der Waals surface area contributed by atoms with Gasteiger partial charge in [0, 0.05) is 23.9 Å². The molecule has 38 heavy (non-hydrogen) atoms. The van der Waals surface area contributed by atoms with Crippen molar-refractivity contribution in [3.8, 4) is 0 Å². The lowest BCUT2D eigenvalue weighted by Crippen LogP contribution is -2.59. The Morgan fingerprint density at radius 2 is 1.82 bits per heavy atom. The quantitative estimate of drug-likeness (QED) is 0.174. The van der Waals surface area contributed by atoms with Crippen LogP contribution in [0.1, 0.15) is 52.9 Å². The van der Waals surface area contributed by atoms with Crippen molar-refractivity contribution in [1.29, 1.82) is 0 Å². The van der Waals surface area contributed by atoms with Gasteiger partial charge in [0.2, 0.25) is 11.8 Å². The fourth-order valence-electron chi connectivity index (χ4n) is 5.45. The molecule has 4 amide bonds. The standard InChI is InChI=1S/C23H33F3N4O6S2/c1-21(2,3)29-19(34)20(35)30-16(12-5-4-6-13(12)22(30,37)38)18(33)28-14(9-11-7-8-27-17(11)32)15(31)10-36-23(24,25)26/h11-14,16,37-38H,4-10H2,1-3H3,(H,27,32)(H,28,33)(H,29,34)/t11-,12-,13+,14-,16-/m0/s1. The molecule has 0 aromatic carbocycles. The summed E-state index contributed by atoms with van der Waals surface area (Å²) >= 11 is 9.13. The molecule has 3 fully saturated rings. The number of hydrogen-bond donors (Lipinski definition) is 5. The van der Waals surface area contributed by atoms with Crippen LogP contribution in [0.3, 0.4) is 0 Å². The Kier molecular flexibility index (Phi) is 9.03. The molecule has 15 heteroatoms. The number of fused-ring (bicyclic) bond motifs is 1. The van der Waals surface area contributed by atoms with Crippen molar-refractivity contribution in [3.05, 3.63) is 0 Å². The highest BCUT2D eigenvalue weighted by Crippen LogP contribution is 2.55. The highest BCUT2D eigenvalue weighted by atomic mass is 32.2. The van der Waals surface area contributed by atoms with Crippen molar-refractivity contribution in [2.24, 2.45) is 17.8 Å². The molecule has 5 atom stereocenters. The van der Waals surface area contributed by atoms with Crippen LogP contribution in [-0.4, -0.2) is 75.7 Å². The lowest BCUT2D eigenvalue weighted by atomic mass is 9.91. The number of hydrogen-bond acceptors (Lipinski definition) is 8. The molecule has 0 bridgehead atoms. The molecule has 3 aliphatic rings. The molecular weight excluding hydrogens is 549 g/mol. The minimum atomic E-state index is -5.07. The molecule has 1 aliphatic carbocycles. The van der Waals surface area contributed by atoms with E-state index in [1.54, 1.807) is 20.8 Å². The molecule has 0 radical (unpaired) electrons. The van der Waals surface area contributed by atoms with E-state index in [0.29, 0.717) is 32.2 Å². The summed E-state index contributed by atoms with van der Waals surface area (Å²) in [6.45, 7) is 3.99. The number of halogens is 3.